The van der Waals surface area contributed by atoms with E-state index in [1.165, 1.54) is 5.56 Å². The van der Waals surface area contributed by atoms with E-state index in [4.69, 9.17) is 9.47 Å². The quantitative estimate of drug-likeness (QED) is 0.734. The lowest BCUT2D eigenvalue weighted by Crippen LogP contribution is -2.34. The van der Waals surface area contributed by atoms with Crippen LogP contribution in [0.25, 0.3) is 0 Å². The average Bonchev–Trinajstić information content (AvgIpc) is 2.66. The molecule has 0 aliphatic carbocycles. The molecular formula is C20H25NO4. The minimum Gasteiger partial charge on any atom is -0.497 e. The van der Waals surface area contributed by atoms with Crippen LogP contribution in [-0.4, -0.2) is 37.4 Å². The summed E-state index contributed by atoms with van der Waals surface area (Å²) in [5.74, 6) is 0.593. The highest BCUT2D eigenvalue weighted by molar-refractivity contribution is 5.94. The van der Waals surface area contributed by atoms with Crippen LogP contribution in [-0.2, 0) is 17.8 Å². The highest BCUT2D eigenvalue weighted by atomic mass is 16.5. The van der Waals surface area contributed by atoms with Gasteiger partial charge < -0.3 is 19.9 Å². The molecule has 0 spiro atoms. The van der Waals surface area contributed by atoms with Gasteiger partial charge in [0.15, 0.2) is 0 Å². The van der Waals surface area contributed by atoms with Crippen LogP contribution in [0.4, 0.5) is 0 Å². The van der Waals surface area contributed by atoms with Gasteiger partial charge in [0.05, 0.1) is 26.4 Å². The number of rotatable bonds is 9. The molecule has 2 aromatic rings. The summed E-state index contributed by atoms with van der Waals surface area (Å²) in [6.45, 7) is 2.77. The van der Waals surface area contributed by atoms with Crippen molar-refractivity contribution in [3.8, 4) is 5.75 Å². The summed E-state index contributed by atoms with van der Waals surface area (Å²) >= 11 is 0. The van der Waals surface area contributed by atoms with Gasteiger partial charge in [-0.2, -0.15) is 0 Å². The Bertz CT molecular complexity index is 652. The number of amides is 1. The number of nitrogens with one attached hydrogen (secondary N) is 1. The van der Waals surface area contributed by atoms with E-state index in [1.54, 1.807) is 19.2 Å². The summed E-state index contributed by atoms with van der Waals surface area (Å²) in [6, 6.07) is 15.0. The molecule has 2 N–H and O–H groups in total. The smallest absolute Gasteiger partial charge is 0.251 e. The first-order chi connectivity index (χ1) is 12.1. The lowest BCUT2D eigenvalue weighted by atomic mass is 10.1. The number of aryl methyl sites for hydroxylation is 1. The van der Waals surface area contributed by atoms with Crippen molar-refractivity contribution in [1.82, 2.24) is 5.32 Å². The number of methoxy groups -OCH3 is 1. The topological polar surface area (TPSA) is 67.8 Å². The molecule has 1 amide bonds. The number of hydrogen-bond donors (Lipinski definition) is 2. The maximum Gasteiger partial charge on any atom is 0.251 e. The molecular weight excluding hydrogens is 318 g/mol. The standard InChI is InChI=1S/C20H25NO4/c1-3-15-4-8-17(9-5-15)20(23)21-12-18(22)14-25-13-16-6-10-19(24-2)11-7-16/h4-11,18,22H,3,12-14H2,1-2H3,(H,21,23)/t18-/m1/s1. The zero-order chi connectivity index (χ0) is 18.1. The molecule has 0 aliphatic rings. The van der Waals surface area contributed by atoms with Crippen LogP contribution in [0.3, 0.4) is 0 Å². The summed E-state index contributed by atoms with van der Waals surface area (Å²) < 4.78 is 10.6. The maximum absolute atomic E-state index is 12.0. The Morgan fingerprint density at radius 2 is 1.72 bits per heavy atom. The summed E-state index contributed by atoms with van der Waals surface area (Å²) in [4.78, 5) is 12.0. The first-order valence-electron chi connectivity index (χ1n) is 8.38. The first kappa shape index (κ1) is 19.0. The van der Waals surface area contributed by atoms with Crippen molar-refractivity contribution in [2.45, 2.75) is 26.1 Å². The van der Waals surface area contributed by atoms with Crippen molar-refractivity contribution >= 4 is 5.91 Å². The van der Waals surface area contributed by atoms with Crippen LogP contribution < -0.4 is 10.1 Å². The average molecular weight is 343 g/mol. The van der Waals surface area contributed by atoms with E-state index in [0.29, 0.717) is 12.2 Å². The van der Waals surface area contributed by atoms with Crippen molar-refractivity contribution in [3.05, 3.63) is 65.2 Å². The van der Waals surface area contributed by atoms with Crippen LogP contribution in [0, 0.1) is 0 Å². The van der Waals surface area contributed by atoms with Crippen LogP contribution in [0.15, 0.2) is 48.5 Å². The molecule has 25 heavy (non-hydrogen) atoms. The second kappa shape index (κ2) is 9.81. The van der Waals surface area contributed by atoms with E-state index >= 15 is 0 Å². The van der Waals surface area contributed by atoms with Gasteiger partial charge in [-0.05, 0) is 41.8 Å². The predicted octanol–water partition coefficient (Wildman–Crippen LogP) is 2.57. The normalized spacial score (nSPS) is 11.8. The highest BCUT2D eigenvalue weighted by Gasteiger charge is 2.09. The van der Waals surface area contributed by atoms with Gasteiger partial charge in [0.2, 0.25) is 0 Å². The van der Waals surface area contributed by atoms with Gasteiger partial charge in [-0.1, -0.05) is 31.2 Å². The van der Waals surface area contributed by atoms with Gasteiger partial charge in [0.25, 0.3) is 5.91 Å². The molecule has 0 bridgehead atoms. The second-order valence-electron chi connectivity index (χ2n) is 5.78. The van der Waals surface area contributed by atoms with E-state index < -0.39 is 6.10 Å². The summed E-state index contributed by atoms with van der Waals surface area (Å²) in [7, 11) is 1.62. The molecule has 0 aromatic heterocycles. The first-order valence-corrected chi connectivity index (χ1v) is 8.38. The third-order valence-corrected chi connectivity index (χ3v) is 3.86. The number of ether oxygens (including phenoxy) is 2. The van der Waals surface area contributed by atoms with Gasteiger partial charge in [-0.15, -0.1) is 0 Å². The Hall–Kier alpha value is -2.37. The Balaban J connectivity index is 1.68. The molecule has 0 unspecified atom stereocenters. The zero-order valence-electron chi connectivity index (χ0n) is 14.7. The third-order valence-electron chi connectivity index (χ3n) is 3.86. The Morgan fingerprint density at radius 3 is 2.32 bits per heavy atom. The molecule has 0 saturated carbocycles. The molecule has 0 radical (unpaired) electrons. The minimum absolute atomic E-state index is 0.150. The van der Waals surface area contributed by atoms with Gasteiger partial charge in [0, 0.05) is 12.1 Å². The number of aliphatic hydroxyl groups is 1. The van der Waals surface area contributed by atoms with Crippen molar-refractivity contribution in [1.29, 1.82) is 0 Å². The van der Waals surface area contributed by atoms with Gasteiger partial charge in [0.1, 0.15) is 5.75 Å². The zero-order valence-corrected chi connectivity index (χ0v) is 14.7. The summed E-state index contributed by atoms with van der Waals surface area (Å²) in [5, 5.41) is 12.6. The Morgan fingerprint density at radius 1 is 1.08 bits per heavy atom. The van der Waals surface area contributed by atoms with Crippen molar-refractivity contribution in [2.75, 3.05) is 20.3 Å². The third kappa shape index (κ3) is 6.21. The molecule has 0 heterocycles. The number of carbonyl (C=O) groups is 1. The monoisotopic (exact) mass is 343 g/mol. The van der Waals surface area contributed by atoms with Crippen LogP contribution in [0.2, 0.25) is 0 Å². The minimum atomic E-state index is -0.753. The van der Waals surface area contributed by atoms with Crippen LogP contribution in [0.5, 0.6) is 5.75 Å². The van der Waals surface area contributed by atoms with Crippen molar-refractivity contribution < 1.29 is 19.4 Å². The van der Waals surface area contributed by atoms with E-state index in [0.717, 1.165) is 17.7 Å². The lowest BCUT2D eigenvalue weighted by Gasteiger charge is -2.13. The Labute approximate surface area is 148 Å². The molecule has 1 atom stereocenters. The molecule has 5 nitrogen and oxygen atoms in total. The lowest BCUT2D eigenvalue weighted by molar-refractivity contribution is 0.0285. The van der Waals surface area contributed by atoms with Gasteiger partial charge in [-0.25, -0.2) is 0 Å². The fraction of sp³-hybridized carbons (Fsp3) is 0.350. The molecule has 0 aliphatic heterocycles. The molecule has 2 rings (SSSR count). The number of carbonyl (C=O) groups excluding carboxylic acids is 1. The molecule has 0 saturated heterocycles. The van der Waals surface area contributed by atoms with Crippen LogP contribution >= 0.6 is 0 Å². The highest BCUT2D eigenvalue weighted by Crippen LogP contribution is 2.12. The Kier molecular flexibility index (Phi) is 7.44. The number of hydrogen-bond acceptors (Lipinski definition) is 4. The fourth-order valence-corrected chi connectivity index (χ4v) is 2.30. The molecule has 2 aromatic carbocycles. The molecule has 0 fully saturated rings. The van der Waals surface area contributed by atoms with E-state index in [9.17, 15) is 9.90 Å². The van der Waals surface area contributed by atoms with E-state index in [2.05, 4.69) is 12.2 Å². The maximum atomic E-state index is 12.0. The summed E-state index contributed by atoms with van der Waals surface area (Å²) in [5.41, 5.74) is 2.76. The number of aliphatic hydroxyl groups excluding tert-OH is 1. The second-order valence-corrected chi connectivity index (χ2v) is 5.78. The van der Waals surface area contributed by atoms with E-state index in [-0.39, 0.29) is 19.1 Å². The fourth-order valence-electron chi connectivity index (χ4n) is 2.30. The largest absolute Gasteiger partial charge is 0.497 e. The summed E-state index contributed by atoms with van der Waals surface area (Å²) in [6.07, 6.45) is 0.184. The van der Waals surface area contributed by atoms with Crippen LogP contribution in [0.1, 0.15) is 28.4 Å². The number of benzene rings is 2. The molecule has 5 heteroatoms. The predicted molar refractivity (Wildman–Crippen MR) is 96.8 cm³/mol. The molecule has 134 valence electrons. The van der Waals surface area contributed by atoms with Crippen molar-refractivity contribution in [2.24, 2.45) is 0 Å². The van der Waals surface area contributed by atoms with Gasteiger partial charge in [-0.3, -0.25) is 4.79 Å². The van der Waals surface area contributed by atoms with Crippen molar-refractivity contribution in [3.63, 3.8) is 0 Å². The van der Waals surface area contributed by atoms with E-state index in [1.807, 2.05) is 36.4 Å². The SMILES string of the molecule is CCc1ccc(C(=O)NC[C@@H](O)COCc2ccc(OC)cc2)cc1. The van der Waals surface area contributed by atoms with Gasteiger partial charge >= 0.3 is 0 Å².